The van der Waals surface area contributed by atoms with Crippen LogP contribution in [0.1, 0.15) is 18.4 Å². The monoisotopic (exact) mass is 326 g/mol. The van der Waals surface area contributed by atoms with Crippen molar-refractivity contribution >= 4 is 16.0 Å². The molecule has 0 amide bonds. The van der Waals surface area contributed by atoms with Crippen LogP contribution < -0.4 is 0 Å². The van der Waals surface area contributed by atoms with E-state index in [1.165, 1.54) is 0 Å². The molecule has 2 rings (SSSR count). The van der Waals surface area contributed by atoms with Crippen molar-refractivity contribution in [2.75, 3.05) is 20.6 Å². The average molecular weight is 326 g/mol. The molecule has 122 valence electrons. The Morgan fingerprint density at radius 1 is 1.32 bits per heavy atom. The van der Waals surface area contributed by atoms with Crippen molar-refractivity contribution < 1.29 is 18.3 Å². The Morgan fingerprint density at radius 2 is 1.95 bits per heavy atom. The molecule has 1 aromatic carbocycles. The molecule has 0 unspecified atom stereocenters. The third-order valence-corrected chi connectivity index (χ3v) is 5.94. The molecule has 0 spiro atoms. The quantitative estimate of drug-likeness (QED) is 0.873. The average Bonchev–Trinajstić information content (AvgIpc) is 2.47. The normalized spacial score (nSPS) is 23.6. The summed E-state index contributed by atoms with van der Waals surface area (Å²) in [5.74, 6) is -1.24. The van der Waals surface area contributed by atoms with Crippen molar-refractivity contribution in [3.8, 4) is 0 Å². The molecule has 1 saturated heterocycles. The Balaban J connectivity index is 2.20. The highest BCUT2D eigenvalue weighted by Crippen LogP contribution is 2.25. The molecule has 1 aromatic rings. The summed E-state index contributed by atoms with van der Waals surface area (Å²) >= 11 is 0. The first-order valence-electron chi connectivity index (χ1n) is 7.24. The van der Waals surface area contributed by atoms with Gasteiger partial charge in [0, 0.05) is 12.6 Å². The summed E-state index contributed by atoms with van der Waals surface area (Å²) < 4.78 is 26.3. The minimum absolute atomic E-state index is 0.0873. The predicted octanol–water partition coefficient (Wildman–Crippen LogP) is 0.996. The van der Waals surface area contributed by atoms with Crippen LogP contribution in [0.5, 0.6) is 0 Å². The lowest BCUT2D eigenvalue weighted by Crippen LogP contribution is -2.54. The molecule has 6 nitrogen and oxygen atoms in total. The van der Waals surface area contributed by atoms with Crippen LogP contribution in [0.4, 0.5) is 0 Å². The van der Waals surface area contributed by atoms with Gasteiger partial charge in [-0.2, -0.15) is 4.31 Å². The number of piperidine rings is 1. The number of hydrogen-bond donors (Lipinski definition) is 1. The van der Waals surface area contributed by atoms with Gasteiger partial charge in [-0.1, -0.05) is 30.3 Å². The van der Waals surface area contributed by atoms with Crippen LogP contribution in [0, 0.1) is 0 Å². The molecule has 1 N–H and O–H groups in total. The van der Waals surface area contributed by atoms with Gasteiger partial charge in [0.15, 0.2) is 0 Å². The zero-order chi connectivity index (χ0) is 16.3. The van der Waals surface area contributed by atoms with E-state index in [0.717, 1.165) is 4.31 Å². The minimum Gasteiger partial charge on any atom is -0.480 e. The maximum Gasteiger partial charge on any atom is 0.322 e. The van der Waals surface area contributed by atoms with Crippen molar-refractivity contribution in [2.45, 2.75) is 30.7 Å². The van der Waals surface area contributed by atoms with Crippen LogP contribution in [-0.4, -0.2) is 61.4 Å². The van der Waals surface area contributed by atoms with E-state index in [4.69, 9.17) is 0 Å². The molecule has 1 fully saturated rings. The van der Waals surface area contributed by atoms with Crippen LogP contribution in [0.25, 0.3) is 0 Å². The topological polar surface area (TPSA) is 77.9 Å². The van der Waals surface area contributed by atoms with Crippen molar-refractivity contribution in [3.05, 3.63) is 35.9 Å². The highest BCUT2D eigenvalue weighted by atomic mass is 32.2. The Labute approximate surface area is 131 Å². The summed E-state index contributed by atoms with van der Waals surface area (Å²) in [6.07, 6.45) is 0.959. The van der Waals surface area contributed by atoms with E-state index < -0.39 is 22.0 Å². The van der Waals surface area contributed by atoms with Gasteiger partial charge in [-0.15, -0.1) is 0 Å². The largest absolute Gasteiger partial charge is 0.480 e. The fourth-order valence-electron chi connectivity index (χ4n) is 2.82. The summed E-state index contributed by atoms with van der Waals surface area (Å²) in [4.78, 5) is 13.5. The molecule has 0 aromatic heterocycles. The fraction of sp³-hybridized carbons (Fsp3) is 0.533. The Morgan fingerprint density at radius 3 is 2.50 bits per heavy atom. The zero-order valence-electron chi connectivity index (χ0n) is 12.8. The Kier molecular flexibility index (Phi) is 5.20. The van der Waals surface area contributed by atoms with Crippen LogP contribution in [0.15, 0.2) is 30.3 Å². The standard InChI is InChI=1S/C15H22N2O4S/c1-16(2)13-8-9-17(14(10-13)15(18)19)22(20,21)11-12-6-4-3-5-7-12/h3-7,13-14H,8-11H2,1-2H3,(H,18,19)/t13-,14-/m0/s1. The number of carbonyl (C=O) groups is 1. The van der Waals surface area contributed by atoms with Gasteiger partial charge < -0.3 is 10.0 Å². The van der Waals surface area contributed by atoms with Crippen molar-refractivity contribution in [1.29, 1.82) is 0 Å². The lowest BCUT2D eigenvalue weighted by Gasteiger charge is -2.38. The van der Waals surface area contributed by atoms with Gasteiger partial charge in [-0.3, -0.25) is 4.79 Å². The van der Waals surface area contributed by atoms with Crippen molar-refractivity contribution in [1.82, 2.24) is 9.21 Å². The van der Waals surface area contributed by atoms with Crippen LogP contribution >= 0.6 is 0 Å². The second-order valence-electron chi connectivity index (χ2n) is 5.85. The number of sulfonamides is 1. The summed E-state index contributed by atoms with van der Waals surface area (Å²) in [6.45, 7) is 0.245. The van der Waals surface area contributed by atoms with Crippen LogP contribution in [0.3, 0.4) is 0 Å². The smallest absolute Gasteiger partial charge is 0.322 e. The third-order valence-electron chi connectivity index (χ3n) is 4.09. The van der Waals surface area contributed by atoms with Gasteiger partial charge in [0.1, 0.15) is 6.04 Å². The van der Waals surface area contributed by atoms with Crippen molar-refractivity contribution in [2.24, 2.45) is 0 Å². The molecule has 1 heterocycles. The molecule has 0 saturated carbocycles. The van der Waals surface area contributed by atoms with Crippen LogP contribution in [0.2, 0.25) is 0 Å². The van der Waals surface area contributed by atoms with E-state index in [-0.39, 0.29) is 18.3 Å². The number of aliphatic carboxylic acids is 1. The highest BCUT2D eigenvalue weighted by Gasteiger charge is 2.40. The minimum atomic E-state index is -3.65. The molecule has 0 bridgehead atoms. The first-order chi connectivity index (χ1) is 10.3. The summed E-state index contributed by atoms with van der Waals surface area (Å²) in [6, 6.07) is 7.94. The molecule has 22 heavy (non-hydrogen) atoms. The van der Waals surface area contributed by atoms with Gasteiger partial charge in [0.05, 0.1) is 5.75 Å². The number of hydrogen-bond acceptors (Lipinski definition) is 4. The van der Waals surface area contributed by atoms with Gasteiger partial charge >= 0.3 is 5.97 Å². The van der Waals surface area contributed by atoms with E-state index in [9.17, 15) is 18.3 Å². The van der Waals surface area contributed by atoms with Crippen molar-refractivity contribution in [3.63, 3.8) is 0 Å². The van der Waals surface area contributed by atoms with E-state index in [0.29, 0.717) is 18.4 Å². The Bertz CT molecular complexity index is 616. The molecule has 1 aliphatic heterocycles. The molecule has 2 atom stereocenters. The maximum absolute atomic E-state index is 12.6. The van der Waals surface area contributed by atoms with Gasteiger partial charge in [0.2, 0.25) is 10.0 Å². The lowest BCUT2D eigenvalue weighted by atomic mass is 9.99. The molecule has 0 radical (unpaired) electrons. The summed E-state index contributed by atoms with van der Waals surface area (Å²) in [7, 11) is 0.128. The maximum atomic E-state index is 12.6. The lowest BCUT2D eigenvalue weighted by molar-refractivity contribution is -0.143. The van der Waals surface area contributed by atoms with Gasteiger partial charge in [-0.05, 0) is 32.5 Å². The first kappa shape index (κ1) is 16.9. The second kappa shape index (κ2) is 6.76. The number of carboxylic acid groups (broad SMARTS) is 1. The van der Waals surface area contributed by atoms with E-state index in [1.54, 1.807) is 24.3 Å². The Hall–Kier alpha value is -1.44. The second-order valence-corrected chi connectivity index (χ2v) is 7.77. The highest BCUT2D eigenvalue weighted by molar-refractivity contribution is 7.88. The van der Waals surface area contributed by atoms with Gasteiger partial charge in [0.25, 0.3) is 0 Å². The van der Waals surface area contributed by atoms with E-state index in [2.05, 4.69) is 0 Å². The SMILES string of the molecule is CN(C)[C@H]1CCN(S(=O)(=O)Cc2ccccc2)[C@H](C(=O)O)C1. The fourth-order valence-corrected chi connectivity index (χ4v) is 4.55. The molecule has 0 aliphatic carbocycles. The first-order valence-corrected chi connectivity index (χ1v) is 8.85. The van der Waals surface area contributed by atoms with Crippen LogP contribution in [-0.2, 0) is 20.6 Å². The molecule has 7 heteroatoms. The third kappa shape index (κ3) is 3.85. The number of carboxylic acids is 1. The predicted molar refractivity (Wildman–Crippen MR) is 83.9 cm³/mol. The number of benzene rings is 1. The number of nitrogens with zero attached hydrogens (tertiary/aromatic N) is 2. The summed E-state index contributed by atoms with van der Waals surface area (Å²) in [5.41, 5.74) is 0.668. The number of rotatable bonds is 5. The summed E-state index contributed by atoms with van der Waals surface area (Å²) in [5, 5.41) is 9.41. The van der Waals surface area contributed by atoms with Gasteiger partial charge in [-0.25, -0.2) is 8.42 Å². The zero-order valence-corrected chi connectivity index (χ0v) is 13.7. The molecular formula is C15H22N2O4S. The molecular weight excluding hydrogens is 304 g/mol. The van der Waals surface area contributed by atoms with E-state index >= 15 is 0 Å². The molecule has 1 aliphatic rings. The van der Waals surface area contributed by atoms with E-state index in [1.807, 2.05) is 25.1 Å².